The monoisotopic (exact) mass is 272 g/mol. The van der Waals surface area contributed by atoms with Gasteiger partial charge in [0.2, 0.25) is 5.91 Å². The van der Waals surface area contributed by atoms with Gasteiger partial charge in [0.15, 0.2) is 0 Å². The molecule has 1 aliphatic rings. The summed E-state index contributed by atoms with van der Waals surface area (Å²) in [6, 6.07) is 5.65. The van der Waals surface area contributed by atoms with Crippen LogP contribution in [-0.4, -0.2) is 23.4 Å². The highest BCUT2D eigenvalue weighted by Crippen LogP contribution is 2.30. The molecular formula is C12H14Cl2N2O. The maximum atomic E-state index is 11.7. The molecule has 0 radical (unpaired) electrons. The molecule has 0 aliphatic heterocycles. The second-order valence-electron chi connectivity index (χ2n) is 4.19. The Labute approximate surface area is 110 Å². The van der Waals surface area contributed by atoms with Gasteiger partial charge in [-0.3, -0.25) is 4.79 Å². The predicted molar refractivity (Wildman–Crippen MR) is 69.1 cm³/mol. The van der Waals surface area contributed by atoms with E-state index < -0.39 is 0 Å². The summed E-state index contributed by atoms with van der Waals surface area (Å²) < 4.78 is 0. The molecule has 0 aromatic heterocycles. The van der Waals surface area contributed by atoms with Crippen LogP contribution in [0.2, 0.25) is 10.0 Å². The van der Waals surface area contributed by atoms with Crippen LogP contribution in [0.15, 0.2) is 18.2 Å². The van der Waals surface area contributed by atoms with Crippen LogP contribution in [0, 0.1) is 0 Å². The summed E-state index contributed by atoms with van der Waals surface area (Å²) in [6.45, 7) is 0.554. The van der Waals surface area contributed by atoms with Crippen LogP contribution in [0.3, 0.4) is 0 Å². The first-order valence-corrected chi connectivity index (χ1v) is 6.31. The first-order valence-electron chi connectivity index (χ1n) is 5.55. The minimum Gasteiger partial charge on any atom is -0.334 e. The molecule has 0 heterocycles. The Morgan fingerprint density at radius 2 is 2.12 bits per heavy atom. The number of nitrogens with two attached hydrogens (primary N) is 1. The molecule has 5 heteroatoms. The molecule has 17 heavy (non-hydrogen) atoms. The van der Waals surface area contributed by atoms with Crippen LogP contribution >= 0.6 is 23.2 Å². The molecule has 1 fully saturated rings. The third-order valence-electron chi connectivity index (χ3n) is 2.84. The zero-order valence-electron chi connectivity index (χ0n) is 9.33. The van der Waals surface area contributed by atoms with Gasteiger partial charge in [-0.25, -0.2) is 0 Å². The van der Waals surface area contributed by atoms with E-state index in [2.05, 4.69) is 0 Å². The molecule has 0 atom stereocenters. The number of carbonyl (C=O) groups excluding carboxylic acids is 1. The van der Waals surface area contributed by atoms with Gasteiger partial charge in [-0.1, -0.05) is 29.3 Å². The summed E-state index contributed by atoms with van der Waals surface area (Å²) in [5, 5.41) is 1.19. The maximum absolute atomic E-state index is 11.7. The molecule has 1 aromatic rings. The molecule has 1 aliphatic carbocycles. The Kier molecular flexibility index (Phi) is 3.92. The van der Waals surface area contributed by atoms with Gasteiger partial charge >= 0.3 is 0 Å². The predicted octanol–water partition coefficient (Wildman–Crippen LogP) is 2.44. The van der Waals surface area contributed by atoms with Crippen LogP contribution < -0.4 is 5.73 Å². The lowest BCUT2D eigenvalue weighted by atomic mass is 10.2. The first kappa shape index (κ1) is 12.7. The fraction of sp³-hybridized carbons (Fsp3) is 0.417. The Balaban J connectivity index is 2.14. The molecule has 0 bridgehead atoms. The van der Waals surface area contributed by atoms with Crippen molar-refractivity contribution >= 4 is 29.1 Å². The van der Waals surface area contributed by atoms with E-state index in [-0.39, 0.29) is 12.5 Å². The second-order valence-corrected chi connectivity index (χ2v) is 5.04. The summed E-state index contributed by atoms with van der Waals surface area (Å²) in [5.41, 5.74) is 6.32. The Morgan fingerprint density at radius 3 is 2.65 bits per heavy atom. The van der Waals surface area contributed by atoms with Crippen molar-refractivity contribution in [2.45, 2.75) is 25.4 Å². The van der Waals surface area contributed by atoms with E-state index in [1.54, 1.807) is 17.0 Å². The number of amides is 1. The van der Waals surface area contributed by atoms with Crippen molar-refractivity contribution in [3.05, 3.63) is 33.8 Å². The van der Waals surface area contributed by atoms with Gasteiger partial charge in [-0.05, 0) is 30.5 Å². The normalized spacial score (nSPS) is 14.8. The van der Waals surface area contributed by atoms with Crippen molar-refractivity contribution < 1.29 is 4.79 Å². The van der Waals surface area contributed by atoms with Gasteiger partial charge in [-0.2, -0.15) is 0 Å². The molecule has 3 nitrogen and oxygen atoms in total. The molecule has 2 N–H and O–H groups in total. The SMILES string of the molecule is NCC(=O)N(Cc1ccc(Cl)cc1Cl)C1CC1. The largest absolute Gasteiger partial charge is 0.334 e. The molecule has 1 saturated carbocycles. The van der Waals surface area contributed by atoms with E-state index in [1.165, 1.54) is 0 Å². The molecule has 1 aromatic carbocycles. The van der Waals surface area contributed by atoms with Gasteiger partial charge in [0.05, 0.1) is 6.54 Å². The molecule has 0 saturated heterocycles. The van der Waals surface area contributed by atoms with Crippen molar-refractivity contribution in [3.63, 3.8) is 0 Å². The van der Waals surface area contributed by atoms with Crippen molar-refractivity contribution in [1.29, 1.82) is 0 Å². The first-order chi connectivity index (χ1) is 8.11. The van der Waals surface area contributed by atoms with E-state index in [9.17, 15) is 4.79 Å². The van der Waals surface area contributed by atoms with Gasteiger partial charge in [0.25, 0.3) is 0 Å². The smallest absolute Gasteiger partial charge is 0.236 e. The lowest BCUT2D eigenvalue weighted by Crippen LogP contribution is -2.37. The maximum Gasteiger partial charge on any atom is 0.236 e. The third-order valence-corrected chi connectivity index (χ3v) is 3.43. The standard InChI is InChI=1S/C12H14Cl2N2O/c13-9-2-1-8(11(14)5-9)7-16(10-3-4-10)12(17)6-15/h1-2,5,10H,3-4,6-7,15H2. The van der Waals surface area contributed by atoms with Crippen LogP contribution in [0.25, 0.3) is 0 Å². The number of carbonyl (C=O) groups is 1. The lowest BCUT2D eigenvalue weighted by molar-refractivity contribution is -0.130. The highest BCUT2D eigenvalue weighted by Gasteiger charge is 2.32. The van der Waals surface area contributed by atoms with E-state index in [4.69, 9.17) is 28.9 Å². The van der Waals surface area contributed by atoms with Crippen LogP contribution in [0.5, 0.6) is 0 Å². The molecule has 1 amide bonds. The topological polar surface area (TPSA) is 46.3 Å². The minimum atomic E-state index is -0.0292. The number of hydrogen-bond donors (Lipinski definition) is 1. The van der Waals surface area contributed by atoms with Gasteiger partial charge in [0, 0.05) is 22.6 Å². The molecule has 0 unspecified atom stereocenters. The average Bonchev–Trinajstić information content (AvgIpc) is 3.11. The molecule has 0 spiro atoms. The number of hydrogen-bond acceptors (Lipinski definition) is 2. The van der Waals surface area contributed by atoms with Crippen LogP contribution in [0.4, 0.5) is 0 Å². The quantitative estimate of drug-likeness (QED) is 0.915. The summed E-state index contributed by atoms with van der Waals surface area (Å²) in [7, 11) is 0. The van der Waals surface area contributed by atoms with E-state index >= 15 is 0 Å². The summed E-state index contributed by atoms with van der Waals surface area (Å²) in [5.74, 6) is -0.0292. The highest BCUT2D eigenvalue weighted by atomic mass is 35.5. The molecular weight excluding hydrogens is 259 g/mol. The van der Waals surface area contributed by atoms with E-state index in [1.807, 2.05) is 6.07 Å². The van der Waals surface area contributed by atoms with Crippen LogP contribution in [-0.2, 0) is 11.3 Å². The number of benzene rings is 1. The summed E-state index contributed by atoms with van der Waals surface area (Å²) >= 11 is 11.9. The number of rotatable bonds is 4. The number of nitrogens with zero attached hydrogens (tertiary/aromatic N) is 1. The highest BCUT2D eigenvalue weighted by molar-refractivity contribution is 6.35. The zero-order chi connectivity index (χ0) is 12.4. The van der Waals surface area contributed by atoms with E-state index in [0.717, 1.165) is 18.4 Å². The fourth-order valence-electron chi connectivity index (χ4n) is 1.76. The average molecular weight is 273 g/mol. The van der Waals surface area contributed by atoms with Gasteiger partial charge < -0.3 is 10.6 Å². The Morgan fingerprint density at radius 1 is 1.41 bits per heavy atom. The minimum absolute atomic E-state index is 0.0292. The number of halogens is 2. The fourth-order valence-corrected chi connectivity index (χ4v) is 2.23. The lowest BCUT2D eigenvalue weighted by Gasteiger charge is -2.22. The Bertz CT molecular complexity index is 433. The Hall–Kier alpha value is -0.770. The summed E-state index contributed by atoms with van der Waals surface area (Å²) in [4.78, 5) is 13.5. The van der Waals surface area contributed by atoms with Gasteiger partial charge in [-0.15, -0.1) is 0 Å². The van der Waals surface area contributed by atoms with Crippen LogP contribution in [0.1, 0.15) is 18.4 Å². The third kappa shape index (κ3) is 3.12. The van der Waals surface area contributed by atoms with Crippen molar-refractivity contribution in [1.82, 2.24) is 4.90 Å². The van der Waals surface area contributed by atoms with Crippen molar-refractivity contribution in [3.8, 4) is 0 Å². The molecule has 92 valence electrons. The van der Waals surface area contributed by atoms with Crippen molar-refractivity contribution in [2.75, 3.05) is 6.54 Å². The summed E-state index contributed by atoms with van der Waals surface area (Å²) in [6.07, 6.45) is 2.11. The zero-order valence-corrected chi connectivity index (χ0v) is 10.8. The van der Waals surface area contributed by atoms with E-state index in [0.29, 0.717) is 22.6 Å². The second kappa shape index (κ2) is 5.25. The molecule has 2 rings (SSSR count). The van der Waals surface area contributed by atoms with Gasteiger partial charge in [0.1, 0.15) is 0 Å². The van der Waals surface area contributed by atoms with Crippen molar-refractivity contribution in [2.24, 2.45) is 5.73 Å².